The average Bonchev–Trinajstić information content (AvgIpc) is 3.02. The average molecular weight is 789 g/mol. The summed E-state index contributed by atoms with van der Waals surface area (Å²) in [5.41, 5.74) is 10.6. The maximum Gasteiger partial charge on any atom is 0.530 e. The van der Waals surface area contributed by atoms with Gasteiger partial charge in [0.2, 0.25) is 0 Å². The Hall–Kier alpha value is -3.55. The number of fused-ring (bicyclic) bond motifs is 2. The van der Waals surface area contributed by atoms with Gasteiger partial charge in [-0.05, 0) is 150 Å². The summed E-state index contributed by atoms with van der Waals surface area (Å²) in [5, 5.41) is 4.85. The Kier molecular flexibility index (Phi) is 11.7. The summed E-state index contributed by atoms with van der Waals surface area (Å²) in [6.07, 6.45) is 0. The van der Waals surface area contributed by atoms with E-state index in [1.54, 1.807) is 0 Å². The van der Waals surface area contributed by atoms with Gasteiger partial charge in [-0.3, -0.25) is 0 Å². The van der Waals surface area contributed by atoms with Gasteiger partial charge in [0.25, 0.3) is 0 Å². The van der Waals surface area contributed by atoms with Crippen LogP contribution >= 0.6 is 8.60 Å². The normalized spacial score (nSPS) is 13.5. The van der Waals surface area contributed by atoms with Crippen molar-refractivity contribution in [3.05, 3.63) is 111 Å². The second-order valence-corrected chi connectivity index (χ2v) is 23.9. The second-order valence-electron chi connectivity index (χ2n) is 22.9. The van der Waals surface area contributed by atoms with Gasteiger partial charge in [0.1, 0.15) is 17.2 Å². The van der Waals surface area contributed by atoms with Crippen molar-refractivity contribution in [3.8, 4) is 17.2 Å². The zero-order valence-corrected chi connectivity index (χ0v) is 40.3. The number of rotatable bonds is 6. The van der Waals surface area contributed by atoms with E-state index in [1.165, 1.54) is 60.5 Å². The van der Waals surface area contributed by atoms with Crippen molar-refractivity contribution in [2.75, 3.05) is 0 Å². The molecule has 0 fully saturated rings. The van der Waals surface area contributed by atoms with Crippen molar-refractivity contribution in [1.82, 2.24) is 0 Å². The summed E-state index contributed by atoms with van der Waals surface area (Å²) >= 11 is 0. The molecule has 0 amide bonds. The van der Waals surface area contributed by atoms with Crippen LogP contribution in [0, 0.1) is 20.8 Å². The molecule has 0 heterocycles. The molecule has 57 heavy (non-hydrogen) atoms. The van der Waals surface area contributed by atoms with Crippen LogP contribution in [0.4, 0.5) is 0 Å². The minimum absolute atomic E-state index is 0.0113. The van der Waals surface area contributed by atoms with E-state index < -0.39 is 8.60 Å². The van der Waals surface area contributed by atoms with Crippen LogP contribution in [0.3, 0.4) is 0 Å². The molecule has 0 aliphatic heterocycles. The Balaban J connectivity index is 1.80. The minimum Gasteiger partial charge on any atom is -0.408 e. The third kappa shape index (κ3) is 9.84. The molecule has 0 bridgehead atoms. The second kappa shape index (κ2) is 14.9. The Morgan fingerprint density at radius 3 is 0.982 bits per heavy atom. The zero-order valence-electron chi connectivity index (χ0n) is 39.4. The highest BCUT2D eigenvalue weighted by Gasteiger charge is 2.32. The zero-order chi connectivity index (χ0) is 43.0. The largest absolute Gasteiger partial charge is 0.530 e. The molecule has 5 aromatic rings. The fourth-order valence-electron chi connectivity index (χ4n) is 7.56. The van der Waals surface area contributed by atoms with Crippen LogP contribution in [0.15, 0.2) is 60.7 Å². The van der Waals surface area contributed by atoms with Gasteiger partial charge >= 0.3 is 8.60 Å². The van der Waals surface area contributed by atoms with E-state index in [1.807, 2.05) is 0 Å². The van der Waals surface area contributed by atoms with Gasteiger partial charge in [0.15, 0.2) is 0 Å². The fourth-order valence-corrected chi connectivity index (χ4v) is 8.58. The molecule has 0 atom stereocenters. The van der Waals surface area contributed by atoms with Crippen LogP contribution in [0.2, 0.25) is 0 Å². The predicted octanol–water partition coefficient (Wildman–Crippen LogP) is 16.5. The van der Waals surface area contributed by atoms with Crippen molar-refractivity contribution in [3.63, 3.8) is 0 Å². The molecule has 0 saturated carbocycles. The van der Waals surface area contributed by atoms with Crippen LogP contribution in [-0.4, -0.2) is 0 Å². The monoisotopic (exact) mass is 789 g/mol. The van der Waals surface area contributed by atoms with Crippen LogP contribution < -0.4 is 13.6 Å². The lowest BCUT2D eigenvalue weighted by Gasteiger charge is -2.31. The van der Waals surface area contributed by atoms with Crippen LogP contribution in [0.1, 0.15) is 175 Å². The lowest BCUT2D eigenvalue weighted by Crippen LogP contribution is -2.19. The SMILES string of the molecule is Cc1cc(OP(Oc2cc3c(C(C)(C)C)cc(C(C)(C)C)cc3cc2C(C)(C)C)Oc2cc3c(C(C)(C)C)cc(C(C)(C)C)cc3cc2C(C)(C)C)cc(C)c1C. The summed E-state index contributed by atoms with van der Waals surface area (Å²) in [5.74, 6) is 2.33. The summed E-state index contributed by atoms with van der Waals surface area (Å²) in [4.78, 5) is 0. The van der Waals surface area contributed by atoms with Gasteiger partial charge < -0.3 is 13.6 Å². The summed E-state index contributed by atoms with van der Waals surface area (Å²) < 4.78 is 21.4. The van der Waals surface area contributed by atoms with E-state index in [-0.39, 0.29) is 32.5 Å². The van der Waals surface area contributed by atoms with Crippen LogP contribution in [0.25, 0.3) is 21.5 Å². The molecule has 4 heteroatoms. The molecule has 0 spiro atoms. The molecule has 0 saturated heterocycles. The molecule has 0 N–H and O–H groups in total. The minimum atomic E-state index is -1.99. The molecule has 0 aromatic heterocycles. The van der Waals surface area contributed by atoms with Gasteiger partial charge in [-0.15, -0.1) is 0 Å². The van der Waals surface area contributed by atoms with Gasteiger partial charge in [0.05, 0.1) is 0 Å². The number of hydrogen-bond acceptors (Lipinski definition) is 3. The molecule has 3 nitrogen and oxygen atoms in total. The number of hydrogen-bond donors (Lipinski definition) is 0. The molecular formula is C53H73O3P. The Morgan fingerprint density at radius 2 is 0.684 bits per heavy atom. The van der Waals surface area contributed by atoms with E-state index >= 15 is 0 Å². The van der Waals surface area contributed by atoms with Crippen LogP contribution in [-0.2, 0) is 32.5 Å². The van der Waals surface area contributed by atoms with Gasteiger partial charge in [-0.2, -0.15) is 0 Å². The van der Waals surface area contributed by atoms with E-state index in [0.717, 1.165) is 28.4 Å². The molecule has 5 aromatic carbocycles. The van der Waals surface area contributed by atoms with E-state index in [0.29, 0.717) is 0 Å². The molecule has 0 unspecified atom stereocenters. The van der Waals surface area contributed by atoms with Gasteiger partial charge in [-0.25, -0.2) is 0 Å². The van der Waals surface area contributed by atoms with E-state index in [4.69, 9.17) is 13.6 Å². The highest BCUT2D eigenvalue weighted by atomic mass is 31.2. The maximum atomic E-state index is 7.22. The van der Waals surface area contributed by atoms with Gasteiger partial charge in [0, 0.05) is 11.1 Å². The van der Waals surface area contributed by atoms with Crippen molar-refractivity contribution in [1.29, 1.82) is 0 Å². The smallest absolute Gasteiger partial charge is 0.408 e. The third-order valence-corrected chi connectivity index (χ3v) is 12.5. The molecule has 5 rings (SSSR count). The predicted molar refractivity (Wildman–Crippen MR) is 250 cm³/mol. The summed E-state index contributed by atoms with van der Waals surface area (Å²) in [7, 11) is -1.99. The topological polar surface area (TPSA) is 27.7 Å². The Bertz CT molecular complexity index is 2140. The first-order valence-electron chi connectivity index (χ1n) is 20.9. The van der Waals surface area contributed by atoms with Crippen molar-refractivity contribution < 1.29 is 13.6 Å². The fraction of sp³-hybridized carbons (Fsp3) is 0.509. The lowest BCUT2D eigenvalue weighted by molar-refractivity contribution is 0.377. The Labute approximate surface area is 348 Å². The van der Waals surface area contributed by atoms with Crippen molar-refractivity contribution in [2.24, 2.45) is 0 Å². The highest BCUT2D eigenvalue weighted by molar-refractivity contribution is 7.43. The van der Waals surface area contributed by atoms with Crippen molar-refractivity contribution in [2.45, 2.75) is 178 Å². The third-order valence-electron chi connectivity index (χ3n) is 11.5. The number of aryl methyl sites for hydroxylation is 2. The van der Waals surface area contributed by atoms with Gasteiger partial charge in [-0.1, -0.05) is 149 Å². The van der Waals surface area contributed by atoms with Crippen LogP contribution in [0.5, 0.6) is 17.2 Å². The standard InChI is InChI=1S/C53H73O3P/c1-32-22-39(23-33(2)34(32)3)54-57(55-46-30-40-35(26-44(46)52(16,17)18)24-37(48(4,5)6)28-42(40)50(10,11)12)56-47-31-41-36(27-45(47)53(19,20)21)25-38(49(7,8)9)29-43(41)51(13,14)15/h22-31H,1-21H3. The summed E-state index contributed by atoms with van der Waals surface area (Å²) in [6, 6.07) is 23.0. The quantitative estimate of drug-likeness (QED) is 0.160. The summed E-state index contributed by atoms with van der Waals surface area (Å²) in [6.45, 7) is 47.6. The first kappa shape index (κ1) is 44.6. The first-order valence-corrected chi connectivity index (χ1v) is 22.0. The Morgan fingerprint density at radius 1 is 0.351 bits per heavy atom. The van der Waals surface area contributed by atoms with E-state index in [2.05, 4.69) is 206 Å². The maximum absolute atomic E-state index is 7.22. The molecule has 0 radical (unpaired) electrons. The lowest BCUT2D eigenvalue weighted by atomic mass is 9.76. The van der Waals surface area contributed by atoms with E-state index in [9.17, 15) is 0 Å². The highest BCUT2D eigenvalue weighted by Crippen LogP contribution is 2.51. The molecular weight excluding hydrogens is 716 g/mol. The molecule has 0 aliphatic rings. The first-order chi connectivity index (χ1) is 25.7. The van der Waals surface area contributed by atoms with Crippen molar-refractivity contribution >= 4 is 30.1 Å². The molecule has 0 aliphatic carbocycles. The number of benzene rings is 5. The molecule has 308 valence electrons.